The van der Waals surface area contributed by atoms with Gasteiger partial charge in [-0.1, -0.05) is 30.9 Å². The summed E-state index contributed by atoms with van der Waals surface area (Å²) >= 11 is 0. The summed E-state index contributed by atoms with van der Waals surface area (Å²) < 4.78 is 0. The van der Waals surface area contributed by atoms with Gasteiger partial charge in [0, 0.05) is 0 Å². The molecule has 0 radical (unpaired) electrons. The molecular formula is C15H17Li. The molecule has 0 heterocycles. The molecule has 0 N–H and O–H groups in total. The van der Waals surface area contributed by atoms with Crippen LogP contribution in [-0.2, 0) is 0 Å². The molecule has 16 heavy (non-hydrogen) atoms. The third-order valence-corrected chi connectivity index (χ3v) is 3.76. The molecule has 2 aromatic rings. The zero-order valence-corrected chi connectivity index (χ0v) is 10.1. The van der Waals surface area contributed by atoms with Crippen molar-refractivity contribution in [3.63, 3.8) is 0 Å². The Hall–Kier alpha value is -0.573. The summed E-state index contributed by atoms with van der Waals surface area (Å²) in [5.74, 6) is 0.824. The second-order valence-corrected chi connectivity index (χ2v) is 4.71. The molecule has 1 aliphatic carbocycles. The van der Waals surface area contributed by atoms with Gasteiger partial charge in [-0.05, 0) is 18.8 Å². The first-order chi connectivity index (χ1) is 7.45. The summed E-state index contributed by atoms with van der Waals surface area (Å²) in [5, 5.41) is 2.91. The van der Waals surface area contributed by atoms with Gasteiger partial charge < -0.3 is 0 Å². The first-order valence-corrected chi connectivity index (χ1v) is 6.09. The number of rotatable bonds is 1. The Morgan fingerprint density at radius 1 is 1.00 bits per heavy atom. The van der Waals surface area contributed by atoms with Gasteiger partial charge in [-0.2, -0.15) is 12.1 Å². The van der Waals surface area contributed by atoms with Crippen LogP contribution in [0.3, 0.4) is 0 Å². The predicted octanol–water partition coefficient (Wildman–Crippen LogP) is 1.61. The maximum atomic E-state index is 2.33. The van der Waals surface area contributed by atoms with Crippen LogP contribution in [0, 0.1) is 0 Å². The van der Waals surface area contributed by atoms with Crippen molar-refractivity contribution in [2.75, 3.05) is 0 Å². The smallest absolute Gasteiger partial charge is 0.168 e. The molecule has 1 heteroatoms. The van der Waals surface area contributed by atoms with Crippen molar-refractivity contribution in [2.45, 2.75) is 38.0 Å². The van der Waals surface area contributed by atoms with E-state index >= 15 is 0 Å². The molecule has 0 nitrogen and oxygen atoms in total. The van der Waals surface area contributed by atoms with Gasteiger partial charge in [-0.25, -0.2) is 0 Å². The summed E-state index contributed by atoms with van der Waals surface area (Å²) in [6.07, 6.45) is 7.06. The molecule has 0 bridgehead atoms. The minimum absolute atomic E-state index is 0. The van der Waals surface area contributed by atoms with Crippen molar-refractivity contribution in [1.82, 2.24) is 0 Å². The van der Waals surface area contributed by atoms with Crippen molar-refractivity contribution in [3.05, 3.63) is 42.0 Å². The number of hydrogen-bond acceptors (Lipinski definition) is 0. The maximum Gasteiger partial charge on any atom is 1.00 e. The van der Waals surface area contributed by atoms with E-state index in [0.717, 1.165) is 5.92 Å². The van der Waals surface area contributed by atoms with Crippen LogP contribution < -0.4 is 18.9 Å². The van der Waals surface area contributed by atoms with E-state index in [1.54, 1.807) is 5.56 Å². The summed E-state index contributed by atoms with van der Waals surface area (Å²) in [6, 6.07) is 13.4. The number of benzene rings is 1. The van der Waals surface area contributed by atoms with Crippen LogP contribution in [0.5, 0.6) is 0 Å². The van der Waals surface area contributed by atoms with E-state index in [9.17, 15) is 0 Å². The van der Waals surface area contributed by atoms with E-state index in [1.807, 2.05) is 0 Å². The molecule has 0 unspecified atom stereocenters. The second-order valence-electron chi connectivity index (χ2n) is 4.71. The maximum absolute atomic E-state index is 2.33. The Labute approximate surface area is 110 Å². The average Bonchev–Trinajstić information content (AvgIpc) is 2.78. The Kier molecular flexibility index (Phi) is 3.85. The minimum atomic E-state index is 0. The van der Waals surface area contributed by atoms with Gasteiger partial charge in [0.1, 0.15) is 0 Å². The van der Waals surface area contributed by atoms with Crippen LogP contribution in [0.15, 0.2) is 36.4 Å². The Bertz CT molecular complexity index is 449. The Morgan fingerprint density at radius 2 is 1.81 bits per heavy atom. The fourth-order valence-electron chi connectivity index (χ4n) is 2.96. The second kappa shape index (κ2) is 5.17. The monoisotopic (exact) mass is 204 g/mol. The van der Waals surface area contributed by atoms with E-state index in [1.165, 1.54) is 42.9 Å². The normalized spacial score (nSPS) is 17.2. The van der Waals surface area contributed by atoms with E-state index < -0.39 is 0 Å². The summed E-state index contributed by atoms with van der Waals surface area (Å²) in [6.45, 7) is 0. The van der Waals surface area contributed by atoms with E-state index in [-0.39, 0.29) is 18.9 Å². The molecule has 3 rings (SSSR count). The molecule has 0 spiro atoms. The number of hydrogen-bond donors (Lipinski definition) is 0. The van der Waals surface area contributed by atoms with Gasteiger partial charge in [-0.3, -0.25) is 0 Å². The van der Waals surface area contributed by atoms with Crippen LogP contribution >= 0.6 is 0 Å². The third kappa shape index (κ3) is 2.10. The first-order valence-electron chi connectivity index (χ1n) is 6.09. The van der Waals surface area contributed by atoms with Crippen molar-refractivity contribution in [1.29, 1.82) is 0 Å². The molecule has 1 fully saturated rings. The molecule has 1 aliphatic rings. The molecule has 78 valence electrons. The van der Waals surface area contributed by atoms with Crippen LogP contribution in [-0.4, -0.2) is 0 Å². The van der Waals surface area contributed by atoms with Gasteiger partial charge in [-0.15, -0.1) is 29.0 Å². The van der Waals surface area contributed by atoms with Gasteiger partial charge in [0.15, 0.2) is 0 Å². The van der Waals surface area contributed by atoms with E-state index in [4.69, 9.17) is 0 Å². The first kappa shape index (κ1) is 11.9. The molecule has 0 atom stereocenters. The molecule has 0 aromatic heterocycles. The fraction of sp³-hybridized carbons (Fsp3) is 0.400. The van der Waals surface area contributed by atoms with Crippen LogP contribution in [0.25, 0.3) is 10.8 Å². The third-order valence-electron chi connectivity index (χ3n) is 3.76. The largest absolute Gasteiger partial charge is 1.00 e. The van der Waals surface area contributed by atoms with E-state index in [2.05, 4.69) is 36.4 Å². The van der Waals surface area contributed by atoms with Crippen LogP contribution in [0.2, 0.25) is 0 Å². The zero-order chi connectivity index (χ0) is 10.1. The topological polar surface area (TPSA) is 0 Å². The standard InChI is InChI=1S/C15H17.Li/c1-2-6-12(7-3-1)14-10-4-8-13-9-5-11-15(13)14;/h4-5,8-12H,1-3,6-7H2;/q-1;+1. The van der Waals surface area contributed by atoms with Crippen LogP contribution in [0.1, 0.15) is 43.6 Å². The zero-order valence-electron chi connectivity index (χ0n) is 10.1. The summed E-state index contributed by atoms with van der Waals surface area (Å²) in [4.78, 5) is 0. The predicted molar refractivity (Wildman–Crippen MR) is 65.4 cm³/mol. The van der Waals surface area contributed by atoms with Crippen molar-refractivity contribution in [3.8, 4) is 0 Å². The van der Waals surface area contributed by atoms with Gasteiger partial charge in [0.05, 0.1) is 0 Å². The van der Waals surface area contributed by atoms with Crippen LogP contribution in [0.4, 0.5) is 0 Å². The molecule has 2 aromatic carbocycles. The van der Waals surface area contributed by atoms with Gasteiger partial charge in [0.25, 0.3) is 0 Å². The van der Waals surface area contributed by atoms with E-state index in [0.29, 0.717) is 0 Å². The summed E-state index contributed by atoms with van der Waals surface area (Å²) in [5.41, 5.74) is 1.59. The molecular weight excluding hydrogens is 187 g/mol. The number of fused-ring (bicyclic) bond motifs is 1. The molecule has 0 amide bonds. The van der Waals surface area contributed by atoms with Gasteiger partial charge >= 0.3 is 18.9 Å². The Balaban J connectivity index is 0.000000963. The molecule has 0 aliphatic heterocycles. The van der Waals surface area contributed by atoms with Crippen molar-refractivity contribution in [2.24, 2.45) is 0 Å². The van der Waals surface area contributed by atoms with Crippen molar-refractivity contribution < 1.29 is 18.9 Å². The summed E-state index contributed by atoms with van der Waals surface area (Å²) in [7, 11) is 0. The fourth-order valence-corrected chi connectivity index (χ4v) is 2.96. The van der Waals surface area contributed by atoms with Crippen molar-refractivity contribution >= 4 is 10.8 Å². The SMILES string of the molecule is [Li+].c1cc(C2CCCCC2)c2cc[cH-]c2c1. The molecule has 0 saturated heterocycles. The Morgan fingerprint density at radius 3 is 2.62 bits per heavy atom. The average molecular weight is 204 g/mol. The minimum Gasteiger partial charge on any atom is -0.168 e. The quantitative estimate of drug-likeness (QED) is 0.489. The molecule has 1 saturated carbocycles. The van der Waals surface area contributed by atoms with Gasteiger partial charge in [0.2, 0.25) is 0 Å².